The standard InChI is InChI=1S/C23H17F3N4O3/c24-23(25,26)30-12-27-19(20(30)13-4-2-1-3-5-13)14-6-7-16-15(10-14)11-29(22(16)33)17-8-9-18(31)28-21(17)32/h1-7,10,12,17H,8-9,11H2,(H,28,31,32). The Labute approximate surface area is 185 Å². The number of carbonyl (C=O) groups excluding carboxylic acids is 3. The van der Waals surface area contributed by atoms with Crippen LogP contribution < -0.4 is 5.32 Å². The zero-order valence-electron chi connectivity index (χ0n) is 17.1. The Hall–Kier alpha value is -3.95. The van der Waals surface area contributed by atoms with Gasteiger partial charge in [-0.05, 0) is 24.1 Å². The number of benzene rings is 2. The van der Waals surface area contributed by atoms with Gasteiger partial charge in [0.05, 0.1) is 11.4 Å². The summed E-state index contributed by atoms with van der Waals surface area (Å²) in [6.07, 6.45) is -3.56. The molecule has 2 aromatic carbocycles. The number of aromatic nitrogens is 2. The van der Waals surface area contributed by atoms with Crippen LogP contribution in [0.2, 0.25) is 0 Å². The number of halogens is 3. The van der Waals surface area contributed by atoms with Crippen molar-refractivity contribution in [3.63, 3.8) is 0 Å². The number of amides is 3. The van der Waals surface area contributed by atoms with E-state index in [0.29, 0.717) is 22.3 Å². The van der Waals surface area contributed by atoms with Crippen LogP contribution in [0, 0.1) is 0 Å². The summed E-state index contributed by atoms with van der Waals surface area (Å²) in [5.41, 5.74) is 1.77. The molecule has 1 fully saturated rings. The van der Waals surface area contributed by atoms with Gasteiger partial charge < -0.3 is 4.90 Å². The maximum absolute atomic E-state index is 13.7. The van der Waals surface area contributed by atoms with E-state index in [0.717, 1.165) is 6.33 Å². The second-order valence-corrected chi connectivity index (χ2v) is 7.92. The number of hydrogen-bond donors (Lipinski definition) is 1. The van der Waals surface area contributed by atoms with Crippen LogP contribution in [-0.4, -0.2) is 38.2 Å². The van der Waals surface area contributed by atoms with Crippen LogP contribution in [-0.2, 0) is 22.4 Å². The van der Waals surface area contributed by atoms with Gasteiger partial charge in [0.15, 0.2) is 0 Å². The first-order valence-corrected chi connectivity index (χ1v) is 10.2. The smallest absolute Gasteiger partial charge is 0.322 e. The van der Waals surface area contributed by atoms with Gasteiger partial charge in [0.2, 0.25) is 11.8 Å². The minimum Gasteiger partial charge on any atom is -0.322 e. The molecule has 0 radical (unpaired) electrons. The fourth-order valence-corrected chi connectivity index (χ4v) is 4.35. The Bertz CT molecular complexity index is 1280. The number of imide groups is 1. The molecule has 3 amide bonds. The maximum atomic E-state index is 13.7. The highest BCUT2D eigenvalue weighted by atomic mass is 19.4. The Balaban J connectivity index is 1.54. The maximum Gasteiger partial charge on any atom is 0.490 e. The first-order chi connectivity index (χ1) is 15.7. The summed E-state index contributed by atoms with van der Waals surface area (Å²) in [4.78, 5) is 42.0. The Morgan fingerprint density at radius 1 is 1.00 bits per heavy atom. The van der Waals surface area contributed by atoms with Gasteiger partial charge in [0.1, 0.15) is 12.4 Å². The van der Waals surface area contributed by atoms with Gasteiger partial charge in [-0.15, -0.1) is 13.2 Å². The first-order valence-electron chi connectivity index (χ1n) is 10.2. The zero-order valence-corrected chi connectivity index (χ0v) is 17.1. The molecule has 3 heterocycles. The molecule has 10 heteroatoms. The molecule has 2 aliphatic heterocycles. The quantitative estimate of drug-likeness (QED) is 0.615. The van der Waals surface area contributed by atoms with Crippen molar-refractivity contribution in [2.45, 2.75) is 31.7 Å². The van der Waals surface area contributed by atoms with E-state index >= 15 is 0 Å². The fourth-order valence-electron chi connectivity index (χ4n) is 4.35. The lowest BCUT2D eigenvalue weighted by Crippen LogP contribution is -2.52. The predicted octanol–water partition coefficient (Wildman–Crippen LogP) is 3.45. The molecule has 5 rings (SSSR count). The third-order valence-electron chi connectivity index (χ3n) is 5.88. The Morgan fingerprint density at radius 3 is 2.45 bits per heavy atom. The normalized spacial score (nSPS) is 18.5. The predicted molar refractivity (Wildman–Crippen MR) is 110 cm³/mol. The van der Waals surface area contributed by atoms with E-state index in [1.54, 1.807) is 48.5 Å². The molecule has 1 saturated heterocycles. The molecular weight excluding hydrogens is 437 g/mol. The third-order valence-corrected chi connectivity index (χ3v) is 5.88. The number of nitrogens with zero attached hydrogens (tertiary/aromatic N) is 3. The number of imidazole rings is 1. The van der Waals surface area contributed by atoms with Crippen molar-refractivity contribution in [2.24, 2.45) is 0 Å². The number of fused-ring (bicyclic) bond motifs is 1. The SMILES string of the molecule is O=C1CCC(N2Cc3cc(-c4ncn(C(F)(F)F)c4-c4ccccc4)ccc3C2=O)C(=O)N1. The van der Waals surface area contributed by atoms with Crippen LogP contribution in [0.1, 0.15) is 28.8 Å². The highest BCUT2D eigenvalue weighted by molar-refractivity contribution is 6.05. The molecule has 3 aromatic rings. The third kappa shape index (κ3) is 3.57. The minimum atomic E-state index is -4.66. The van der Waals surface area contributed by atoms with Crippen LogP contribution in [0.25, 0.3) is 22.5 Å². The lowest BCUT2D eigenvalue weighted by molar-refractivity contribution is -0.202. The molecule has 1 aromatic heterocycles. The van der Waals surface area contributed by atoms with E-state index in [4.69, 9.17) is 0 Å². The lowest BCUT2D eigenvalue weighted by atomic mass is 10.0. The van der Waals surface area contributed by atoms with Gasteiger partial charge in [0.25, 0.3) is 5.91 Å². The number of piperidine rings is 1. The summed E-state index contributed by atoms with van der Waals surface area (Å²) in [6, 6.07) is 12.1. The molecule has 1 atom stereocenters. The topological polar surface area (TPSA) is 84.3 Å². The number of nitrogens with one attached hydrogen (secondary N) is 1. The van der Waals surface area contributed by atoms with E-state index in [-0.39, 0.29) is 47.2 Å². The average Bonchev–Trinajstić information content (AvgIpc) is 3.36. The van der Waals surface area contributed by atoms with Crippen LogP contribution in [0.3, 0.4) is 0 Å². The summed E-state index contributed by atoms with van der Waals surface area (Å²) in [7, 11) is 0. The molecule has 0 spiro atoms. The van der Waals surface area contributed by atoms with Gasteiger partial charge in [-0.1, -0.05) is 36.4 Å². The Morgan fingerprint density at radius 2 is 1.76 bits per heavy atom. The molecule has 2 aliphatic rings. The van der Waals surface area contributed by atoms with Gasteiger partial charge >= 0.3 is 6.30 Å². The van der Waals surface area contributed by atoms with Crippen molar-refractivity contribution < 1.29 is 27.6 Å². The number of alkyl halides is 3. The second kappa shape index (κ2) is 7.58. The molecule has 7 nitrogen and oxygen atoms in total. The van der Waals surface area contributed by atoms with Gasteiger partial charge in [-0.25, -0.2) is 9.55 Å². The number of hydrogen-bond acceptors (Lipinski definition) is 4. The summed E-state index contributed by atoms with van der Waals surface area (Å²) in [5.74, 6) is -1.26. The van der Waals surface area contributed by atoms with Crippen molar-refractivity contribution in [3.8, 4) is 22.5 Å². The van der Waals surface area contributed by atoms with Crippen molar-refractivity contribution in [3.05, 3.63) is 66.0 Å². The largest absolute Gasteiger partial charge is 0.490 e. The monoisotopic (exact) mass is 454 g/mol. The van der Waals surface area contributed by atoms with E-state index in [1.165, 1.54) is 4.90 Å². The average molecular weight is 454 g/mol. The number of rotatable bonds is 3. The molecule has 0 saturated carbocycles. The molecule has 1 N–H and O–H groups in total. The number of carbonyl (C=O) groups is 3. The summed E-state index contributed by atoms with van der Waals surface area (Å²) >= 11 is 0. The van der Waals surface area contributed by atoms with Crippen molar-refractivity contribution in [2.75, 3.05) is 0 Å². The fraction of sp³-hybridized carbons (Fsp3) is 0.217. The van der Waals surface area contributed by atoms with Gasteiger partial charge in [0, 0.05) is 29.7 Å². The highest BCUT2D eigenvalue weighted by Gasteiger charge is 2.40. The zero-order chi connectivity index (χ0) is 23.3. The minimum absolute atomic E-state index is 0.102. The summed E-state index contributed by atoms with van der Waals surface area (Å²) in [5, 5.41) is 2.24. The molecule has 1 unspecified atom stereocenters. The van der Waals surface area contributed by atoms with Crippen LogP contribution in [0.4, 0.5) is 13.2 Å². The molecule has 168 valence electrons. The van der Waals surface area contributed by atoms with E-state index < -0.39 is 18.2 Å². The van der Waals surface area contributed by atoms with E-state index in [9.17, 15) is 27.6 Å². The summed E-state index contributed by atoms with van der Waals surface area (Å²) in [6.45, 7) is 0.120. The van der Waals surface area contributed by atoms with E-state index in [2.05, 4.69) is 10.3 Å². The van der Waals surface area contributed by atoms with Gasteiger partial charge in [-0.2, -0.15) is 0 Å². The molecule has 33 heavy (non-hydrogen) atoms. The van der Waals surface area contributed by atoms with Crippen molar-refractivity contribution in [1.29, 1.82) is 0 Å². The van der Waals surface area contributed by atoms with Crippen molar-refractivity contribution >= 4 is 17.7 Å². The Kier molecular flexibility index (Phi) is 4.80. The lowest BCUT2D eigenvalue weighted by Gasteiger charge is -2.29. The van der Waals surface area contributed by atoms with Crippen LogP contribution in [0.15, 0.2) is 54.9 Å². The molecule has 0 bridgehead atoms. The summed E-state index contributed by atoms with van der Waals surface area (Å²) < 4.78 is 41.2. The highest BCUT2D eigenvalue weighted by Crippen LogP contribution is 2.38. The van der Waals surface area contributed by atoms with Crippen LogP contribution in [0.5, 0.6) is 0 Å². The van der Waals surface area contributed by atoms with Crippen molar-refractivity contribution in [1.82, 2.24) is 19.8 Å². The van der Waals surface area contributed by atoms with Crippen LogP contribution >= 0.6 is 0 Å². The molecular formula is C23H17F3N4O3. The molecule has 0 aliphatic carbocycles. The first kappa shape index (κ1) is 20.9. The second-order valence-electron chi connectivity index (χ2n) is 7.92. The van der Waals surface area contributed by atoms with Gasteiger partial charge in [-0.3, -0.25) is 19.7 Å². The van der Waals surface area contributed by atoms with E-state index in [1.807, 2.05) is 0 Å².